The molecule has 0 aliphatic rings. The van der Waals surface area contributed by atoms with Crippen LogP contribution in [-0.2, 0) is 13.1 Å². The molecule has 14 N–H and O–H groups in total. The molecular formula is C30H35ClN14O6. The van der Waals surface area contributed by atoms with E-state index in [0.717, 1.165) is 11.4 Å². The summed E-state index contributed by atoms with van der Waals surface area (Å²) in [5, 5.41) is 17.9. The third-order valence-electron chi connectivity index (χ3n) is 6.91. The first-order valence-electron chi connectivity index (χ1n) is 14.1. The van der Waals surface area contributed by atoms with Crippen LogP contribution in [-0.4, -0.2) is 87.1 Å². The molecule has 0 saturated carbocycles. The second kappa shape index (κ2) is 17.1. The van der Waals surface area contributed by atoms with Crippen molar-refractivity contribution in [3.8, 4) is 0 Å². The number of nitrogen functional groups attached to an aromatic ring is 4. The van der Waals surface area contributed by atoms with Crippen molar-refractivity contribution in [3.05, 3.63) is 83.4 Å². The highest BCUT2D eigenvalue weighted by molar-refractivity contribution is 5.88. The Balaban J connectivity index is 0.000000334. The number of carboxylic acids is 2. The molecule has 0 atom stereocenters. The van der Waals surface area contributed by atoms with Gasteiger partial charge in [-0.05, 0) is 48.5 Å². The summed E-state index contributed by atoms with van der Waals surface area (Å²) in [4.78, 5) is 58.6. The van der Waals surface area contributed by atoms with Crippen LogP contribution >= 0.6 is 12.4 Å². The number of hydrogen-bond donors (Lipinski definition) is 6. The first-order valence-corrected chi connectivity index (χ1v) is 14.1. The van der Waals surface area contributed by atoms with E-state index in [0.29, 0.717) is 46.8 Å². The van der Waals surface area contributed by atoms with Crippen molar-refractivity contribution in [2.24, 2.45) is 0 Å². The summed E-state index contributed by atoms with van der Waals surface area (Å²) >= 11 is 0. The fourth-order valence-corrected chi connectivity index (χ4v) is 4.50. The minimum absolute atomic E-state index is 0. The van der Waals surface area contributed by atoms with Crippen LogP contribution in [0.5, 0.6) is 0 Å². The molecule has 0 unspecified atom stereocenters. The molecule has 0 radical (unpaired) electrons. The standard InChI is InChI=1S/2C15H15N7O2.ClH.2H2O/c2*1-22(10-4-2-8(3-5-10)14(23)24)7-9-6-18-13-11(19-9)12(16)20-15(17)21-13;;;/h2*2-6H,7H2,1H3,(H,23,24)(H4,16,17,18,20,21);1H;2*1H2. The van der Waals surface area contributed by atoms with Gasteiger partial charge in [-0.25, -0.2) is 29.5 Å². The number of fused-ring (bicyclic) bond motifs is 2. The Kier molecular flexibility index (Phi) is 13.5. The molecule has 51 heavy (non-hydrogen) atoms. The molecule has 6 aromatic rings. The molecular weight excluding hydrogens is 688 g/mol. The van der Waals surface area contributed by atoms with Gasteiger partial charge in [-0.2, -0.15) is 19.9 Å². The van der Waals surface area contributed by atoms with Gasteiger partial charge in [0.05, 0.1) is 48.0 Å². The van der Waals surface area contributed by atoms with Crippen molar-refractivity contribution in [1.82, 2.24) is 39.9 Å². The maximum absolute atomic E-state index is 10.9. The van der Waals surface area contributed by atoms with Crippen LogP contribution in [0.4, 0.5) is 34.9 Å². The fourth-order valence-electron chi connectivity index (χ4n) is 4.50. The smallest absolute Gasteiger partial charge is 0.335 e. The van der Waals surface area contributed by atoms with Crippen LogP contribution in [0.3, 0.4) is 0 Å². The van der Waals surface area contributed by atoms with Crippen LogP contribution in [0.2, 0.25) is 0 Å². The summed E-state index contributed by atoms with van der Waals surface area (Å²) in [6, 6.07) is 13.1. The highest BCUT2D eigenvalue weighted by Crippen LogP contribution is 2.20. The Labute approximate surface area is 295 Å². The maximum atomic E-state index is 10.9. The highest BCUT2D eigenvalue weighted by Gasteiger charge is 2.12. The van der Waals surface area contributed by atoms with E-state index in [-0.39, 0.29) is 58.0 Å². The van der Waals surface area contributed by atoms with Gasteiger partial charge in [-0.15, -0.1) is 12.4 Å². The van der Waals surface area contributed by atoms with Crippen LogP contribution in [0.15, 0.2) is 60.9 Å². The molecule has 0 saturated heterocycles. The average Bonchev–Trinajstić information content (AvgIpc) is 3.05. The minimum atomic E-state index is -0.959. The number of aromatic carboxylic acids is 2. The van der Waals surface area contributed by atoms with Crippen molar-refractivity contribution in [3.63, 3.8) is 0 Å². The molecule has 0 spiro atoms. The van der Waals surface area contributed by atoms with Gasteiger partial charge in [0, 0.05) is 25.5 Å². The zero-order chi connectivity index (χ0) is 34.5. The molecule has 0 aliphatic heterocycles. The molecule has 4 aromatic heterocycles. The predicted molar refractivity (Wildman–Crippen MR) is 193 cm³/mol. The van der Waals surface area contributed by atoms with E-state index in [9.17, 15) is 9.59 Å². The van der Waals surface area contributed by atoms with Gasteiger partial charge in [-0.1, -0.05) is 0 Å². The van der Waals surface area contributed by atoms with Gasteiger partial charge in [0.15, 0.2) is 34.0 Å². The molecule has 0 bridgehead atoms. The van der Waals surface area contributed by atoms with Crippen LogP contribution in [0.25, 0.3) is 22.3 Å². The lowest BCUT2D eigenvalue weighted by molar-refractivity contribution is 0.0686. The molecule has 6 rings (SSSR count). The summed E-state index contributed by atoms with van der Waals surface area (Å²) in [5.74, 6) is -1.45. The lowest BCUT2D eigenvalue weighted by Gasteiger charge is -2.19. The van der Waals surface area contributed by atoms with E-state index in [1.165, 1.54) is 0 Å². The third kappa shape index (κ3) is 9.66. The predicted octanol–water partition coefficient (Wildman–Crippen LogP) is 0.610. The summed E-state index contributed by atoms with van der Waals surface area (Å²) < 4.78 is 0. The maximum Gasteiger partial charge on any atom is 0.335 e. The largest absolute Gasteiger partial charge is 0.478 e. The van der Waals surface area contributed by atoms with E-state index in [1.54, 1.807) is 60.9 Å². The number of carbonyl (C=O) groups is 2. The van der Waals surface area contributed by atoms with E-state index in [1.807, 2.05) is 23.9 Å². The van der Waals surface area contributed by atoms with Crippen molar-refractivity contribution in [2.45, 2.75) is 13.1 Å². The van der Waals surface area contributed by atoms with Gasteiger partial charge in [0.1, 0.15) is 0 Å². The topological polar surface area (TPSA) is 351 Å². The molecule has 0 aliphatic carbocycles. The quantitative estimate of drug-likeness (QED) is 0.125. The first-order chi connectivity index (χ1) is 22.9. The SMILES string of the molecule is CN(Cc1cnc2nc(N)nc(N)c2n1)c1ccc(C(=O)O)cc1.CN(Cc1cnc2nc(N)nc(N)c2n1)c1ccc(C(=O)O)cc1.Cl.O.O. The summed E-state index contributed by atoms with van der Waals surface area (Å²) in [6.07, 6.45) is 3.19. The summed E-state index contributed by atoms with van der Waals surface area (Å²) in [7, 11) is 3.73. The number of nitrogens with two attached hydrogens (primary N) is 4. The lowest BCUT2D eigenvalue weighted by Crippen LogP contribution is -2.18. The molecule has 2 aromatic carbocycles. The lowest BCUT2D eigenvalue weighted by atomic mass is 10.2. The summed E-state index contributed by atoms with van der Waals surface area (Å²) in [5.41, 5.74) is 27.7. The first kappa shape index (κ1) is 40.4. The Morgan fingerprint density at radius 3 is 1.24 bits per heavy atom. The van der Waals surface area contributed by atoms with Crippen molar-refractivity contribution in [2.75, 3.05) is 46.8 Å². The average molecular weight is 723 g/mol. The number of carboxylic acid groups (broad SMARTS) is 2. The van der Waals surface area contributed by atoms with Gasteiger partial charge in [-0.3, -0.25) is 0 Å². The highest BCUT2D eigenvalue weighted by atomic mass is 35.5. The Morgan fingerprint density at radius 1 is 0.588 bits per heavy atom. The van der Waals surface area contributed by atoms with Gasteiger partial charge in [0.2, 0.25) is 11.9 Å². The van der Waals surface area contributed by atoms with Crippen LogP contribution in [0.1, 0.15) is 32.1 Å². The Bertz CT molecular complexity index is 1990. The van der Waals surface area contributed by atoms with Crippen molar-refractivity contribution in [1.29, 1.82) is 0 Å². The van der Waals surface area contributed by atoms with Gasteiger partial charge >= 0.3 is 11.9 Å². The monoisotopic (exact) mass is 722 g/mol. The Morgan fingerprint density at radius 2 is 0.922 bits per heavy atom. The molecule has 0 fully saturated rings. The zero-order valence-electron chi connectivity index (χ0n) is 27.1. The second-order valence-corrected chi connectivity index (χ2v) is 10.4. The fraction of sp³-hybridized carbons (Fsp3) is 0.133. The van der Waals surface area contributed by atoms with E-state index < -0.39 is 11.9 Å². The van der Waals surface area contributed by atoms with Crippen molar-refractivity contribution < 1.29 is 30.8 Å². The Hall–Kier alpha value is -6.77. The van der Waals surface area contributed by atoms with Crippen LogP contribution in [0, 0.1) is 0 Å². The van der Waals surface area contributed by atoms with E-state index in [4.69, 9.17) is 33.1 Å². The number of nitrogens with zero attached hydrogens (tertiary/aromatic N) is 10. The molecule has 4 heterocycles. The normalized spacial score (nSPS) is 10.1. The van der Waals surface area contributed by atoms with Gasteiger partial charge in [0.25, 0.3) is 0 Å². The van der Waals surface area contributed by atoms with Crippen LogP contribution < -0.4 is 32.7 Å². The summed E-state index contributed by atoms with van der Waals surface area (Å²) in [6.45, 7) is 0.915. The van der Waals surface area contributed by atoms with E-state index >= 15 is 0 Å². The number of hydrogen-bond acceptors (Lipinski definition) is 16. The molecule has 0 amide bonds. The zero-order valence-corrected chi connectivity index (χ0v) is 27.9. The second-order valence-electron chi connectivity index (χ2n) is 10.4. The number of rotatable bonds is 8. The van der Waals surface area contributed by atoms with E-state index in [2.05, 4.69) is 39.9 Å². The number of anilines is 6. The third-order valence-corrected chi connectivity index (χ3v) is 6.91. The molecule has 21 heteroatoms. The minimum Gasteiger partial charge on any atom is -0.478 e. The molecule has 20 nitrogen and oxygen atoms in total. The number of benzene rings is 2. The number of aromatic nitrogens is 8. The molecule has 268 valence electrons. The number of halogens is 1. The van der Waals surface area contributed by atoms with Crippen molar-refractivity contribution >= 4 is 81.6 Å². The van der Waals surface area contributed by atoms with Gasteiger partial charge < -0.3 is 53.9 Å².